The van der Waals surface area contributed by atoms with E-state index in [2.05, 4.69) is 10.3 Å². The van der Waals surface area contributed by atoms with Crippen molar-refractivity contribution < 1.29 is 9.90 Å². The van der Waals surface area contributed by atoms with E-state index >= 15 is 0 Å². The lowest BCUT2D eigenvalue weighted by Gasteiger charge is -2.11. The van der Waals surface area contributed by atoms with Gasteiger partial charge in [0.15, 0.2) is 0 Å². The average Bonchev–Trinajstić information content (AvgIpc) is 2.36. The minimum atomic E-state index is -0.305. The van der Waals surface area contributed by atoms with Crippen molar-refractivity contribution in [2.24, 2.45) is 0 Å². The molecule has 5 heteroatoms. The van der Waals surface area contributed by atoms with Crippen LogP contribution in [-0.4, -0.2) is 16.0 Å². The summed E-state index contributed by atoms with van der Waals surface area (Å²) < 4.78 is 0. The first-order valence-electron chi connectivity index (χ1n) is 5.70. The minimum absolute atomic E-state index is 0.206. The van der Waals surface area contributed by atoms with E-state index in [1.807, 2.05) is 6.92 Å². The molecule has 2 N–H and O–H groups in total. The molecule has 0 aliphatic heterocycles. The number of amides is 1. The molecule has 0 saturated carbocycles. The highest BCUT2D eigenvalue weighted by Gasteiger charge is 2.12. The van der Waals surface area contributed by atoms with Gasteiger partial charge >= 0.3 is 0 Å². The van der Waals surface area contributed by atoms with Crippen molar-refractivity contribution >= 4 is 23.2 Å². The van der Waals surface area contributed by atoms with E-state index in [1.165, 1.54) is 12.4 Å². The van der Waals surface area contributed by atoms with Gasteiger partial charge in [0.05, 0.1) is 10.6 Å². The van der Waals surface area contributed by atoms with Crippen molar-refractivity contribution in [1.29, 1.82) is 0 Å². The van der Waals surface area contributed by atoms with Gasteiger partial charge in [-0.1, -0.05) is 11.6 Å². The second-order valence-corrected chi connectivity index (χ2v) is 4.67. The maximum Gasteiger partial charge on any atom is 0.257 e. The van der Waals surface area contributed by atoms with Gasteiger partial charge in [0.1, 0.15) is 5.75 Å². The summed E-state index contributed by atoms with van der Waals surface area (Å²) in [6.45, 7) is 3.58. The first kappa shape index (κ1) is 13.4. The van der Waals surface area contributed by atoms with Gasteiger partial charge in [-0.3, -0.25) is 9.78 Å². The minimum Gasteiger partial charge on any atom is -0.508 e. The number of nitrogens with one attached hydrogen (secondary N) is 1. The van der Waals surface area contributed by atoms with Crippen LogP contribution in [0.15, 0.2) is 30.6 Å². The Kier molecular flexibility index (Phi) is 3.71. The number of halogens is 1. The Morgan fingerprint density at radius 1 is 1.32 bits per heavy atom. The fourth-order valence-corrected chi connectivity index (χ4v) is 1.89. The second kappa shape index (κ2) is 5.28. The summed E-state index contributed by atoms with van der Waals surface area (Å²) in [6, 6.07) is 4.89. The van der Waals surface area contributed by atoms with Crippen LogP contribution in [0, 0.1) is 13.8 Å². The average molecular weight is 277 g/mol. The van der Waals surface area contributed by atoms with E-state index in [4.69, 9.17) is 11.6 Å². The van der Waals surface area contributed by atoms with Crippen LogP contribution in [0.4, 0.5) is 5.69 Å². The summed E-state index contributed by atoms with van der Waals surface area (Å²) in [7, 11) is 0. The predicted molar refractivity (Wildman–Crippen MR) is 74.8 cm³/mol. The Morgan fingerprint density at radius 3 is 2.74 bits per heavy atom. The highest BCUT2D eigenvalue weighted by molar-refractivity contribution is 6.34. The van der Waals surface area contributed by atoms with Gasteiger partial charge in [-0.25, -0.2) is 0 Å². The van der Waals surface area contributed by atoms with Crippen LogP contribution in [0.2, 0.25) is 5.02 Å². The van der Waals surface area contributed by atoms with Gasteiger partial charge in [0.2, 0.25) is 0 Å². The molecule has 2 aromatic rings. The Hall–Kier alpha value is -2.07. The number of hydrogen-bond acceptors (Lipinski definition) is 3. The van der Waals surface area contributed by atoms with E-state index in [-0.39, 0.29) is 11.7 Å². The molecular formula is C14H13ClN2O2. The molecule has 0 aliphatic carbocycles. The number of aromatic hydroxyl groups is 1. The number of phenols is 1. The molecule has 0 spiro atoms. The molecule has 1 amide bonds. The van der Waals surface area contributed by atoms with Crippen molar-refractivity contribution in [2.45, 2.75) is 13.8 Å². The van der Waals surface area contributed by atoms with Gasteiger partial charge in [-0.15, -0.1) is 0 Å². The van der Waals surface area contributed by atoms with Crippen LogP contribution < -0.4 is 5.32 Å². The number of nitrogens with zero attached hydrogens (tertiary/aromatic N) is 1. The van der Waals surface area contributed by atoms with Crippen LogP contribution in [0.3, 0.4) is 0 Å². The van der Waals surface area contributed by atoms with Crippen LogP contribution >= 0.6 is 11.6 Å². The van der Waals surface area contributed by atoms with Gasteiger partial charge in [0, 0.05) is 18.1 Å². The van der Waals surface area contributed by atoms with Crippen molar-refractivity contribution in [1.82, 2.24) is 4.98 Å². The van der Waals surface area contributed by atoms with E-state index in [9.17, 15) is 9.90 Å². The standard InChI is InChI=1S/C14H13ClN2O2/c1-8-6-13(18)9(2)5-12(8)17-14(19)10-3-4-16-7-11(10)15/h3-7,18H,1-2H3,(H,17,19). The smallest absolute Gasteiger partial charge is 0.257 e. The fourth-order valence-electron chi connectivity index (χ4n) is 1.68. The van der Waals surface area contributed by atoms with Crippen molar-refractivity contribution in [3.05, 3.63) is 52.3 Å². The maximum absolute atomic E-state index is 12.1. The molecule has 4 nitrogen and oxygen atoms in total. The van der Waals surface area contributed by atoms with Gasteiger partial charge in [-0.05, 0) is 43.2 Å². The number of aromatic nitrogens is 1. The van der Waals surface area contributed by atoms with Crippen LogP contribution in [0.1, 0.15) is 21.5 Å². The third kappa shape index (κ3) is 2.85. The SMILES string of the molecule is Cc1cc(NC(=O)c2ccncc2Cl)c(C)cc1O. The Labute approximate surface area is 116 Å². The summed E-state index contributed by atoms with van der Waals surface area (Å²) >= 11 is 5.92. The summed E-state index contributed by atoms with van der Waals surface area (Å²) in [6.07, 6.45) is 2.93. The predicted octanol–water partition coefficient (Wildman–Crippen LogP) is 3.31. The molecule has 0 atom stereocenters. The van der Waals surface area contributed by atoms with E-state index in [0.29, 0.717) is 21.8 Å². The molecule has 19 heavy (non-hydrogen) atoms. The monoisotopic (exact) mass is 276 g/mol. The normalized spacial score (nSPS) is 10.3. The molecule has 1 aromatic carbocycles. The largest absolute Gasteiger partial charge is 0.508 e. The number of carbonyl (C=O) groups excluding carboxylic acids is 1. The molecule has 1 heterocycles. The summed E-state index contributed by atoms with van der Waals surface area (Å²) in [4.78, 5) is 15.9. The molecular weight excluding hydrogens is 264 g/mol. The molecule has 0 unspecified atom stereocenters. The summed E-state index contributed by atoms with van der Waals surface area (Å²) in [5.74, 6) is -0.0990. The zero-order valence-electron chi connectivity index (χ0n) is 10.6. The van der Waals surface area contributed by atoms with Gasteiger partial charge in [0.25, 0.3) is 5.91 Å². The summed E-state index contributed by atoms with van der Waals surface area (Å²) in [5, 5.41) is 12.7. The highest BCUT2D eigenvalue weighted by Crippen LogP contribution is 2.26. The third-order valence-corrected chi connectivity index (χ3v) is 3.11. The Bertz CT molecular complexity index is 641. The van der Waals surface area contributed by atoms with Crippen molar-refractivity contribution in [3.63, 3.8) is 0 Å². The molecule has 0 saturated heterocycles. The number of carbonyl (C=O) groups is 1. The highest BCUT2D eigenvalue weighted by atomic mass is 35.5. The second-order valence-electron chi connectivity index (χ2n) is 4.26. The zero-order chi connectivity index (χ0) is 14.0. The number of hydrogen-bond donors (Lipinski definition) is 2. The van der Waals surface area contributed by atoms with Crippen LogP contribution in [0.5, 0.6) is 5.75 Å². The lowest BCUT2D eigenvalue weighted by Crippen LogP contribution is -2.13. The van der Waals surface area contributed by atoms with E-state index in [0.717, 1.165) is 5.56 Å². The molecule has 98 valence electrons. The fraction of sp³-hybridized carbons (Fsp3) is 0.143. The van der Waals surface area contributed by atoms with Gasteiger partial charge in [-0.2, -0.15) is 0 Å². The van der Waals surface area contributed by atoms with Crippen molar-refractivity contribution in [3.8, 4) is 5.75 Å². The Morgan fingerprint density at radius 2 is 2.05 bits per heavy atom. The molecule has 2 rings (SSSR count). The molecule has 1 aromatic heterocycles. The van der Waals surface area contributed by atoms with Gasteiger partial charge < -0.3 is 10.4 Å². The number of pyridine rings is 1. The first-order valence-corrected chi connectivity index (χ1v) is 6.08. The number of anilines is 1. The number of aryl methyl sites for hydroxylation is 2. The van der Waals surface area contributed by atoms with Crippen LogP contribution in [0.25, 0.3) is 0 Å². The quantitative estimate of drug-likeness (QED) is 0.827. The van der Waals surface area contributed by atoms with E-state index in [1.54, 1.807) is 25.1 Å². The molecule has 0 fully saturated rings. The lowest BCUT2D eigenvalue weighted by atomic mass is 10.1. The van der Waals surface area contributed by atoms with E-state index < -0.39 is 0 Å². The molecule has 0 radical (unpaired) electrons. The summed E-state index contributed by atoms with van der Waals surface area (Å²) in [5.41, 5.74) is 2.48. The topological polar surface area (TPSA) is 62.2 Å². The number of rotatable bonds is 2. The maximum atomic E-state index is 12.1. The first-order chi connectivity index (χ1) is 8.99. The number of phenolic OH excluding ortho intramolecular Hbond substituents is 1. The lowest BCUT2D eigenvalue weighted by molar-refractivity contribution is 0.102. The Balaban J connectivity index is 2.30. The molecule has 0 bridgehead atoms. The third-order valence-electron chi connectivity index (χ3n) is 2.81. The van der Waals surface area contributed by atoms with Crippen molar-refractivity contribution in [2.75, 3.05) is 5.32 Å². The van der Waals surface area contributed by atoms with Crippen LogP contribution in [-0.2, 0) is 0 Å². The zero-order valence-corrected chi connectivity index (χ0v) is 11.3. The molecule has 0 aliphatic rings. The number of benzene rings is 1.